The molecule has 2 atom stereocenters. The standard InChI is InChI=1S/C35H66N2O8S/c1-9-10-11-12-13-14-15-16-17-18-19-20-21-23-30(38)43-24-22-25-46-27-29(37-33(41)45-35(5,6)7)31(39)36-28(32(40)42-8)26-44-34(2,3)4/h28-29H,9-27H2,1-8H3,(H,36,39)(H,37,41)/t28-,29-/m0/s1. The summed E-state index contributed by atoms with van der Waals surface area (Å²) in [6, 6.07) is -2.02. The average molecular weight is 675 g/mol. The fourth-order valence-corrected chi connectivity index (χ4v) is 5.42. The topological polar surface area (TPSA) is 129 Å². The summed E-state index contributed by atoms with van der Waals surface area (Å²) in [6.07, 6.45) is 16.7. The van der Waals surface area contributed by atoms with Gasteiger partial charge < -0.3 is 29.6 Å². The van der Waals surface area contributed by atoms with Crippen molar-refractivity contribution in [2.45, 2.75) is 168 Å². The van der Waals surface area contributed by atoms with Crippen molar-refractivity contribution in [3.63, 3.8) is 0 Å². The average Bonchev–Trinajstić information content (AvgIpc) is 2.96. The first-order valence-corrected chi connectivity index (χ1v) is 18.6. The van der Waals surface area contributed by atoms with Crippen LogP contribution in [-0.2, 0) is 33.3 Å². The molecule has 0 saturated heterocycles. The Hall–Kier alpha value is -2.01. The molecular formula is C35H66N2O8S. The summed E-state index contributed by atoms with van der Waals surface area (Å²) in [5.74, 6) is -0.550. The SMILES string of the molecule is CCCCCCCCCCCCCCCC(=O)OCCCSC[C@H](NC(=O)OC(C)(C)C)C(=O)N[C@@H](COC(C)(C)C)C(=O)OC. The zero-order valence-corrected chi connectivity index (χ0v) is 31.1. The number of unbranched alkanes of at least 4 members (excludes halogenated alkanes) is 12. The molecule has 0 unspecified atom stereocenters. The second-order valence-electron chi connectivity index (χ2n) is 13.8. The largest absolute Gasteiger partial charge is 0.467 e. The van der Waals surface area contributed by atoms with E-state index in [0.29, 0.717) is 25.2 Å². The minimum Gasteiger partial charge on any atom is -0.467 e. The summed E-state index contributed by atoms with van der Waals surface area (Å²) < 4.78 is 21.2. The minimum absolute atomic E-state index is 0.0844. The molecule has 0 rings (SSSR count). The van der Waals surface area contributed by atoms with E-state index in [2.05, 4.69) is 17.6 Å². The number of alkyl carbamates (subject to hydrolysis) is 1. The highest BCUT2D eigenvalue weighted by Gasteiger charge is 2.30. The highest BCUT2D eigenvalue weighted by atomic mass is 32.2. The van der Waals surface area contributed by atoms with E-state index < -0.39 is 41.3 Å². The van der Waals surface area contributed by atoms with Gasteiger partial charge in [-0.2, -0.15) is 11.8 Å². The highest BCUT2D eigenvalue weighted by molar-refractivity contribution is 7.99. The molecule has 0 fully saturated rings. The van der Waals surface area contributed by atoms with Gasteiger partial charge >= 0.3 is 18.0 Å². The van der Waals surface area contributed by atoms with Crippen LogP contribution in [0.1, 0.15) is 145 Å². The number of hydrogen-bond donors (Lipinski definition) is 2. The van der Waals surface area contributed by atoms with E-state index in [4.69, 9.17) is 18.9 Å². The number of ether oxygens (including phenoxy) is 4. The molecule has 0 aliphatic rings. The molecule has 11 heteroatoms. The van der Waals surface area contributed by atoms with Crippen LogP contribution in [0.25, 0.3) is 0 Å². The summed E-state index contributed by atoms with van der Waals surface area (Å²) in [5.41, 5.74) is -1.28. The lowest BCUT2D eigenvalue weighted by molar-refractivity contribution is -0.148. The molecule has 0 bridgehead atoms. The molecule has 0 aromatic carbocycles. The molecule has 0 radical (unpaired) electrons. The molecule has 2 N–H and O–H groups in total. The summed E-state index contributed by atoms with van der Waals surface area (Å²) in [5, 5.41) is 5.24. The molecule has 0 aromatic rings. The Balaban J connectivity index is 4.40. The van der Waals surface area contributed by atoms with Gasteiger partial charge in [0.25, 0.3) is 0 Å². The summed E-state index contributed by atoms with van der Waals surface area (Å²) in [4.78, 5) is 50.0. The van der Waals surface area contributed by atoms with Crippen molar-refractivity contribution >= 4 is 35.7 Å². The molecule has 0 saturated carbocycles. The second-order valence-corrected chi connectivity index (χ2v) is 15.0. The number of nitrogens with one attached hydrogen (secondary N) is 2. The van der Waals surface area contributed by atoms with Crippen molar-refractivity contribution in [2.75, 3.05) is 31.8 Å². The number of carbonyl (C=O) groups is 4. The van der Waals surface area contributed by atoms with Gasteiger partial charge in [0.1, 0.15) is 11.6 Å². The van der Waals surface area contributed by atoms with Crippen LogP contribution in [0.15, 0.2) is 0 Å². The van der Waals surface area contributed by atoms with Crippen molar-refractivity contribution in [1.82, 2.24) is 10.6 Å². The van der Waals surface area contributed by atoms with E-state index in [-0.39, 0.29) is 18.3 Å². The van der Waals surface area contributed by atoms with Crippen molar-refractivity contribution in [3.8, 4) is 0 Å². The minimum atomic E-state index is -1.04. The molecule has 270 valence electrons. The maximum atomic E-state index is 13.1. The van der Waals surface area contributed by atoms with E-state index in [1.807, 2.05) is 20.8 Å². The van der Waals surface area contributed by atoms with Crippen LogP contribution in [0.3, 0.4) is 0 Å². The predicted octanol–water partition coefficient (Wildman–Crippen LogP) is 7.50. The summed E-state index contributed by atoms with van der Waals surface area (Å²) >= 11 is 1.43. The van der Waals surface area contributed by atoms with Gasteiger partial charge in [0, 0.05) is 12.2 Å². The Morgan fingerprint density at radius 2 is 1.24 bits per heavy atom. The van der Waals surface area contributed by atoms with Crippen LogP contribution in [0, 0.1) is 0 Å². The number of thioether (sulfide) groups is 1. The van der Waals surface area contributed by atoms with E-state index in [1.54, 1.807) is 20.8 Å². The third kappa shape index (κ3) is 27.1. The van der Waals surface area contributed by atoms with Gasteiger partial charge in [0.2, 0.25) is 5.91 Å². The first-order valence-electron chi connectivity index (χ1n) is 17.4. The van der Waals surface area contributed by atoms with E-state index in [0.717, 1.165) is 19.3 Å². The Kier molecular flexibility index (Phi) is 24.9. The zero-order chi connectivity index (χ0) is 34.8. The molecule has 0 spiro atoms. The first kappa shape index (κ1) is 44.0. The van der Waals surface area contributed by atoms with Gasteiger partial charge in [-0.15, -0.1) is 0 Å². The molecular weight excluding hydrogens is 608 g/mol. The maximum Gasteiger partial charge on any atom is 0.408 e. The monoisotopic (exact) mass is 674 g/mol. The first-order chi connectivity index (χ1) is 21.7. The molecule has 0 heterocycles. The molecule has 0 aliphatic carbocycles. The highest BCUT2D eigenvalue weighted by Crippen LogP contribution is 2.14. The van der Waals surface area contributed by atoms with Crippen LogP contribution < -0.4 is 10.6 Å². The van der Waals surface area contributed by atoms with Crippen molar-refractivity contribution in [2.24, 2.45) is 0 Å². The molecule has 2 amide bonds. The zero-order valence-electron chi connectivity index (χ0n) is 30.3. The number of hydrogen-bond acceptors (Lipinski definition) is 9. The molecule has 0 aromatic heterocycles. The maximum absolute atomic E-state index is 13.1. The van der Waals surface area contributed by atoms with E-state index >= 15 is 0 Å². The number of carbonyl (C=O) groups excluding carboxylic acids is 4. The number of methoxy groups -OCH3 is 1. The molecule has 0 aliphatic heterocycles. The van der Waals surface area contributed by atoms with Crippen LogP contribution in [0.5, 0.6) is 0 Å². The van der Waals surface area contributed by atoms with Gasteiger partial charge in [-0.1, -0.05) is 84.0 Å². The summed E-state index contributed by atoms with van der Waals surface area (Å²) in [6.45, 7) is 13.2. The van der Waals surface area contributed by atoms with Gasteiger partial charge in [0.05, 0.1) is 25.9 Å². The van der Waals surface area contributed by atoms with Crippen LogP contribution in [-0.4, -0.2) is 79.1 Å². The van der Waals surface area contributed by atoms with E-state index in [1.165, 1.54) is 83.1 Å². The molecule has 46 heavy (non-hydrogen) atoms. The van der Waals surface area contributed by atoms with Crippen molar-refractivity contribution in [3.05, 3.63) is 0 Å². The van der Waals surface area contributed by atoms with Crippen LogP contribution >= 0.6 is 11.8 Å². The number of rotatable bonds is 26. The quantitative estimate of drug-likeness (QED) is 0.0544. The van der Waals surface area contributed by atoms with Crippen molar-refractivity contribution in [1.29, 1.82) is 0 Å². The van der Waals surface area contributed by atoms with E-state index in [9.17, 15) is 19.2 Å². The third-order valence-electron chi connectivity index (χ3n) is 6.96. The lowest BCUT2D eigenvalue weighted by Crippen LogP contribution is -2.55. The molecule has 10 nitrogen and oxygen atoms in total. The van der Waals surface area contributed by atoms with Crippen LogP contribution in [0.4, 0.5) is 4.79 Å². The number of esters is 2. The van der Waals surface area contributed by atoms with Gasteiger partial charge in [0.15, 0.2) is 6.04 Å². The Morgan fingerprint density at radius 3 is 1.74 bits per heavy atom. The lowest BCUT2D eigenvalue weighted by atomic mass is 10.0. The second kappa shape index (κ2) is 26.0. The number of amides is 2. The van der Waals surface area contributed by atoms with Gasteiger partial charge in [-0.05, 0) is 60.1 Å². The third-order valence-corrected chi connectivity index (χ3v) is 8.10. The van der Waals surface area contributed by atoms with Gasteiger partial charge in [-0.3, -0.25) is 9.59 Å². The Bertz CT molecular complexity index is 841. The summed E-state index contributed by atoms with van der Waals surface area (Å²) in [7, 11) is 1.23. The lowest BCUT2D eigenvalue weighted by Gasteiger charge is -2.26. The fourth-order valence-electron chi connectivity index (χ4n) is 4.46. The fraction of sp³-hybridized carbons (Fsp3) is 0.886. The smallest absolute Gasteiger partial charge is 0.408 e. The Morgan fingerprint density at radius 1 is 0.696 bits per heavy atom. The van der Waals surface area contributed by atoms with Crippen molar-refractivity contribution < 1.29 is 38.1 Å². The normalized spacial score (nSPS) is 13.0. The predicted molar refractivity (Wildman–Crippen MR) is 186 cm³/mol. The van der Waals surface area contributed by atoms with Crippen LogP contribution in [0.2, 0.25) is 0 Å². The van der Waals surface area contributed by atoms with Gasteiger partial charge in [-0.25, -0.2) is 9.59 Å². The Labute approximate surface area is 283 Å².